The van der Waals surface area contributed by atoms with Gasteiger partial charge >= 0.3 is 0 Å². The third kappa shape index (κ3) is 1.39. The maximum absolute atomic E-state index is 11.4. The Labute approximate surface area is 82.7 Å². The minimum atomic E-state index is -0.0995. The number of rotatable bonds is 1. The van der Waals surface area contributed by atoms with Crippen molar-refractivity contribution in [3.05, 3.63) is 32.9 Å². The average molecular weight is 242 g/mol. The molecule has 0 amide bonds. The summed E-state index contributed by atoms with van der Waals surface area (Å²) in [7, 11) is 0. The zero-order valence-electron chi connectivity index (χ0n) is 7.04. The second-order valence-electron chi connectivity index (χ2n) is 2.76. The molecule has 2 heterocycles. The fraction of sp³-hybridized carbons (Fsp3) is 0.250. The van der Waals surface area contributed by atoms with E-state index >= 15 is 0 Å². The van der Waals surface area contributed by atoms with Gasteiger partial charge in [-0.15, -0.1) is 0 Å². The summed E-state index contributed by atoms with van der Waals surface area (Å²) in [6.45, 7) is 1.98. The minimum Gasteiger partial charge on any atom is -0.323 e. The normalized spacial score (nSPS) is 10.9. The Kier molecular flexibility index (Phi) is 1.95. The molecule has 0 fully saturated rings. The van der Waals surface area contributed by atoms with Gasteiger partial charge in [-0.25, -0.2) is 4.52 Å². The van der Waals surface area contributed by atoms with Crippen LogP contribution >= 0.6 is 15.9 Å². The van der Waals surface area contributed by atoms with Crippen molar-refractivity contribution in [1.29, 1.82) is 0 Å². The van der Waals surface area contributed by atoms with Crippen LogP contribution in [0.4, 0.5) is 0 Å². The predicted octanol–water partition coefficient (Wildman–Crippen LogP) is 1.35. The van der Waals surface area contributed by atoms with E-state index in [0.29, 0.717) is 10.1 Å². The smallest absolute Gasteiger partial charge is 0.274 e. The molecule has 68 valence electrons. The molecule has 2 rings (SSSR count). The summed E-state index contributed by atoms with van der Waals surface area (Å²) in [6.07, 6.45) is 2.62. The Hall–Kier alpha value is -1.10. The number of nitrogens with zero attached hydrogens (tertiary/aromatic N) is 2. The van der Waals surface area contributed by atoms with Crippen molar-refractivity contribution in [2.24, 2.45) is 0 Å². The van der Waals surface area contributed by atoms with E-state index in [2.05, 4.69) is 26.0 Å². The molecule has 0 saturated carbocycles. The van der Waals surface area contributed by atoms with Crippen LogP contribution in [0, 0.1) is 0 Å². The van der Waals surface area contributed by atoms with Crippen LogP contribution in [0.1, 0.15) is 12.6 Å². The van der Waals surface area contributed by atoms with Gasteiger partial charge in [-0.3, -0.25) is 4.79 Å². The van der Waals surface area contributed by atoms with E-state index in [1.807, 2.05) is 13.1 Å². The minimum absolute atomic E-state index is 0.0995. The van der Waals surface area contributed by atoms with Crippen molar-refractivity contribution in [2.45, 2.75) is 13.3 Å². The number of H-pyrrole nitrogens is 1. The van der Waals surface area contributed by atoms with Crippen LogP contribution in [0.3, 0.4) is 0 Å². The number of hydrogen-bond acceptors (Lipinski definition) is 2. The zero-order chi connectivity index (χ0) is 9.42. The summed E-state index contributed by atoms with van der Waals surface area (Å²) in [4.78, 5) is 14.2. The van der Waals surface area contributed by atoms with Crippen molar-refractivity contribution in [3.63, 3.8) is 0 Å². The SMILES string of the molecule is CCc1cn2nc(Br)cc2c(=O)[nH]1. The summed E-state index contributed by atoms with van der Waals surface area (Å²) in [6, 6.07) is 1.69. The fourth-order valence-electron chi connectivity index (χ4n) is 1.20. The summed E-state index contributed by atoms with van der Waals surface area (Å²) < 4.78 is 2.26. The van der Waals surface area contributed by atoms with Gasteiger partial charge < -0.3 is 4.98 Å². The molecule has 2 aromatic heterocycles. The summed E-state index contributed by atoms with van der Waals surface area (Å²) in [5, 5.41) is 4.10. The van der Waals surface area contributed by atoms with Crippen LogP contribution in [-0.2, 0) is 6.42 Å². The fourth-order valence-corrected chi connectivity index (χ4v) is 1.59. The lowest BCUT2D eigenvalue weighted by Gasteiger charge is -1.96. The zero-order valence-corrected chi connectivity index (χ0v) is 8.63. The standard InChI is InChI=1S/C8H8BrN3O/c1-2-5-4-12-6(8(13)10-5)3-7(9)11-12/h3-4H,2H2,1H3,(H,10,13). The van der Waals surface area contributed by atoms with E-state index in [1.165, 1.54) is 0 Å². The Morgan fingerprint density at radius 3 is 3.15 bits per heavy atom. The van der Waals surface area contributed by atoms with Gasteiger partial charge in [0.05, 0.1) is 0 Å². The van der Waals surface area contributed by atoms with E-state index in [4.69, 9.17) is 0 Å². The molecule has 5 heteroatoms. The monoisotopic (exact) mass is 241 g/mol. The lowest BCUT2D eigenvalue weighted by Crippen LogP contribution is -2.12. The Morgan fingerprint density at radius 2 is 2.46 bits per heavy atom. The van der Waals surface area contributed by atoms with Gasteiger partial charge in [-0.1, -0.05) is 6.92 Å². The highest BCUT2D eigenvalue weighted by Crippen LogP contribution is 2.08. The van der Waals surface area contributed by atoms with Crippen molar-refractivity contribution in [2.75, 3.05) is 0 Å². The summed E-state index contributed by atoms with van der Waals surface area (Å²) in [5.74, 6) is 0. The molecule has 0 aliphatic carbocycles. The van der Waals surface area contributed by atoms with Crippen LogP contribution in [0.25, 0.3) is 5.52 Å². The van der Waals surface area contributed by atoms with Crippen molar-refractivity contribution in [1.82, 2.24) is 14.6 Å². The van der Waals surface area contributed by atoms with E-state index in [1.54, 1.807) is 10.6 Å². The Balaban J connectivity index is 2.83. The molecule has 4 nitrogen and oxygen atoms in total. The molecule has 0 bridgehead atoms. The molecule has 0 aliphatic rings. The van der Waals surface area contributed by atoms with Crippen LogP contribution in [0.2, 0.25) is 0 Å². The third-order valence-electron chi connectivity index (χ3n) is 1.87. The first-order valence-corrected chi connectivity index (χ1v) is 4.77. The van der Waals surface area contributed by atoms with Crippen molar-refractivity contribution < 1.29 is 0 Å². The molecular formula is C8H8BrN3O. The second-order valence-corrected chi connectivity index (χ2v) is 3.57. The number of fused-ring (bicyclic) bond motifs is 1. The van der Waals surface area contributed by atoms with Crippen molar-refractivity contribution in [3.8, 4) is 0 Å². The molecule has 0 radical (unpaired) electrons. The van der Waals surface area contributed by atoms with Gasteiger partial charge in [0.2, 0.25) is 0 Å². The van der Waals surface area contributed by atoms with E-state index in [-0.39, 0.29) is 5.56 Å². The number of aromatic amines is 1. The number of aromatic nitrogens is 3. The van der Waals surface area contributed by atoms with Gasteiger partial charge in [-0.05, 0) is 22.4 Å². The van der Waals surface area contributed by atoms with Crippen molar-refractivity contribution >= 4 is 21.4 Å². The van der Waals surface area contributed by atoms with E-state index in [9.17, 15) is 4.79 Å². The highest BCUT2D eigenvalue weighted by atomic mass is 79.9. The Morgan fingerprint density at radius 1 is 1.69 bits per heavy atom. The molecule has 0 aromatic carbocycles. The average Bonchev–Trinajstić information content (AvgIpc) is 2.46. The molecule has 0 saturated heterocycles. The molecule has 13 heavy (non-hydrogen) atoms. The quantitative estimate of drug-likeness (QED) is 0.820. The number of halogens is 1. The van der Waals surface area contributed by atoms with Crippen LogP contribution < -0.4 is 5.56 Å². The van der Waals surface area contributed by atoms with Gasteiger partial charge in [0.1, 0.15) is 10.1 Å². The highest BCUT2D eigenvalue weighted by molar-refractivity contribution is 9.10. The first kappa shape index (κ1) is 8.50. The Bertz CT molecular complexity index is 500. The molecular weight excluding hydrogens is 234 g/mol. The largest absolute Gasteiger partial charge is 0.323 e. The van der Waals surface area contributed by atoms with Crippen LogP contribution in [0.15, 0.2) is 21.7 Å². The van der Waals surface area contributed by atoms with Crippen LogP contribution in [-0.4, -0.2) is 14.6 Å². The highest BCUT2D eigenvalue weighted by Gasteiger charge is 2.03. The van der Waals surface area contributed by atoms with Gasteiger partial charge in [-0.2, -0.15) is 5.10 Å². The molecule has 2 aromatic rings. The van der Waals surface area contributed by atoms with Crippen LogP contribution in [0.5, 0.6) is 0 Å². The lowest BCUT2D eigenvalue weighted by atomic mass is 10.3. The molecule has 0 atom stereocenters. The molecule has 0 spiro atoms. The lowest BCUT2D eigenvalue weighted by molar-refractivity contribution is 0.880. The molecule has 1 N–H and O–H groups in total. The topological polar surface area (TPSA) is 50.2 Å². The predicted molar refractivity (Wildman–Crippen MR) is 52.9 cm³/mol. The first-order valence-electron chi connectivity index (χ1n) is 3.98. The number of hydrogen-bond donors (Lipinski definition) is 1. The number of aryl methyl sites for hydroxylation is 1. The molecule has 0 unspecified atom stereocenters. The van der Waals surface area contributed by atoms with E-state index in [0.717, 1.165) is 12.1 Å². The first-order chi connectivity index (χ1) is 6.20. The maximum atomic E-state index is 11.4. The maximum Gasteiger partial charge on any atom is 0.274 e. The summed E-state index contributed by atoms with van der Waals surface area (Å²) >= 11 is 3.22. The van der Waals surface area contributed by atoms with Gasteiger partial charge in [0.15, 0.2) is 0 Å². The van der Waals surface area contributed by atoms with E-state index < -0.39 is 0 Å². The third-order valence-corrected chi connectivity index (χ3v) is 2.26. The summed E-state index contributed by atoms with van der Waals surface area (Å²) in [5.41, 5.74) is 1.34. The second kappa shape index (κ2) is 2.99. The van der Waals surface area contributed by atoms with Gasteiger partial charge in [0.25, 0.3) is 5.56 Å². The number of nitrogens with one attached hydrogen (secondary N) is 1. The molecule has 0 aliphatic heterocycles. The van der Waals surface area contributed by atoms with Gasteiger partial charge in [0, 0.05) is 18.0 Å².